The summed E-state index contributed by atoms with van der Waals surface area (Å²) in [5.74, 6) is -2.25. The van der Waals surface area contributed by atoms with Gasteiger partial charge in [0.1, 0.15) is 23.2 Å². The van der Waals surface area contributed by atoms with Crippen LogP contribution in [0.1, 0.15) is 16.8 Å². The van der Waals surface area contributed by atoms with Crippen molar-refractivity contribution in [1.82, 2.24) is 19.6 Å². The second-order valence-electron chi connectivity index (χ2n) is 7.42. The Bertz CT molecular complexity index is 712. The van der Waals surface area contributed by atoms with Crippen LogP contribution in [-0.4, -0.2) is 96.4 Å². The van der Waals surface area contributed by atoms with E-state index in [4.69, 9.17) is 0 Å². The van der Waals surface area contributed by atoms with Gasteiger partial charge in [-0.3, -0.25) is 19.4 Å². The first-order chi connectivity index (χ1) is 13.0. The van der Waals surface area contributed by atoms with Crippen LogP contribution < -0.4 is 0 Å². The number of hydrogen-bond acceptors (Lipinski definition) is 4. The van der Waals surface area contributed by atoms with Crippen LogP contribution in [0.4, 0.5) is 8.78 Å². The smallest absolute Gasteiger partial charge is 0.259 e. The van der Waals surface area contributed by atoms with Gasteiger partial charge in [-0.05, 0) is 25.1 Å². The highest BCUT2D eigenvalue weighted by Gasteiger charge is 2.38. The molecule has 146 valence electrons. The molecule has 4 aliphatic rings. The summed E-state index contributed by atoms with van der Waals surface area (Å²) < 4.78 is 27.7. The highest BCUT2D eigenvalue weighted by molar-refractivity contribution is 5.95. The van der Waals surface area contributed by atoms with Crippen LogP contribution in [0.25, 0.3) is 0 Å². The Morgan fingerprint density at radius 2 is 1.52 bits per heavy atom. The van der Waals surface area contributed by atoms with Gasteiger partial charge in [-0.15, -0.1) is 0 Å². The molecule has 0 radical (unpaired) electrons. The lowest BCUT2D eigenvalue weighted by molar-refractivity contribution is -0.140. The van der Waals surface area contributed by atoms with E-state index in [0.717, 1.165) is 51.3 Å². The molecule has 3 unspecified atom stereocenters. The van der Waals surface area contributed by atoms with E-state index in [2.05, 4.69) is 9.80 Å². The van der Waals surface area contributed by atoms with Gasteiger partial charge >= 0.3 is 0 Å². The van der Waals surface area contributed by atoms with Gasteiger partial charge in [-0.25, -0.2) is 8.78 Å². The summed E-state index contributed by atoms with van der Waals surface area (Å²) in [6.45, 7) is 6.04. The Morgan fingerprint density at radius 1 is 0.852 bits per heavy atom. The van der Waals surface area contributed by atoms with Gasteiger partial charge in [-0.1, -0.05) is 6.07 Å². The molecule has 2 bridgehead atoms. The summed E-state index contributed by atoms with van der Waals surface area (Å²) in [5.41, 5.74) is -0.516. The van der Waals surface area contributed by atoms with Gasteiger partial charge in [0.05, 0.1) is 0 Å². The Kier molecular flexibility index (Phi) is 5.10. The van der Waals surface area contributed by atoms with Crippen LogP contribution in [0, 0.1) is 11.6 Å². The van der Waals surface area contributed by atoms with E-state index >= 15 is 0 Å². The Balaban J connectivity index is 1.39. The van der Waals surface area contributed by atoms with E-state index in [0.29, 0.717) is 13.1 Å². The van der Waals surface area contributed by atoms with Crippen molar-refractivity contribution >= 4 is 11.8 Å². The quantitative estimate of drug-likeness (QED) is 0.758. The number of amides is 2. The van der Waals surface area contributed by atoms with Crippen LogP contribution in [0.3, 0.4) is 0 Å². The molecule has 4 heterocycles. The van der Waals surface area contributed by atoms with Gasteiger partial charge < -0.3 is 9.80 Å². The van der Waals surface area contributed by atoms with Crippen LogP contribution >= 0.6 is 0 Å². The first-order valence-corrected chi connectivity index (χ1v) is 9.53. The lowest BCUT2D eigenvalue weighted by atomic mass is 10.1. The van der Waals surface area contributed by atoms with E-state index in [1.807, 2.05) is 0 Å². The predicted molar refractivity (Wildman–Crippen MR) is 95.3 cm³/mol. The van der Waals surface area contributed by atoms with E-state index in [1.165, 1.54) is 11.0 Å². The normalized spacial score (nSPS) is 28.1. The summed E-state index contributed by atoms with van der Waals surface area (Å²) in [6.07, 6.45) is 1.08. The van der Waals surface area contributed by atoms with Gasteiger partial charge in [0, 0.05) is 52.4 Å². The molecule has 0 N–H and O–H groups in total. The summed E-state index contributed by atoms with van der Waals surface area (Å²) in [6, 6.07) is 3.29. The van der Waals surface area contributed by atoms with Crippen molar-refractivity contribution in [2.45, 2.75) is 12.5 Å². The molecule has 3 atom stereocenters. The molecule has 4 aliphatic heterocycles. The minimum absolute atomic E-state index is 0.103. The molecule has 4 saturated heterocycles. The van der Waals surface area contributed by atoms with Crippen molar-refractivity contribution in [1.29, 1.82) is 0 Å². The van der Waals surface area contributed by atoms with Crippen molar-refractivity contribution in [2.75, 3.05) is 58.9 Å². The van der Waals surface area contributed by atoms with Gasteiger partial charge in [0.15, 0.2) is 0 Å². The van der Waals surface area contributed by atoms with E-state index < -0.39 is 23.1 Å². The largest absolute Gasteiger partial charge is 0.338 e. The number of nitrogens with zero attached hydrogens (tertiary/aromatic N) is 4. The van der Waals surface area contributed by atoms with Crippen molar-refractivity contribution in [3.05, 3.63) is 35.4 Å². The molecule has 0 spiro atoms. The lowest BCUT2D eigenvalue weighted by Gasteiger charge is -2.41. The van der Waals surface area contributed by atoms with E-state index in [9.17, 15) is 18.4 Å². The predicted octanol–water partition coefficient (Wildman–Crippen LogP) is 0.639. The molecular weight excluding hydrogens is 354 g/mol. The van der Waals surface area contributed by atoms with Crippen molar-refractivity contribution in [3.8, 4) is 0 Å². The molecule has 0 aliphatic carbocycles. The maximum atomic E-state index is 13.9. The number of benzene rings is 1. The van der Waals surface area contributed by atoms with Crippen LogP contribution in [0.2, 0.25) is 0 Å². The molecule has 2 amide bonds. The molecule has 1 aromatic carbocycles. The number of hydrogen-bond donors (Lipinski definition) is 0. The summed E-state index contributed by atoms with van der Waals surface area (Å²) in [5, 5.41) is 0. The third-order valence-corrected chi connectivity index (χ3v) is 5.84. The molecule has 8 heteroatoms. The molecule has 0 aromatic heterocycles. The second kappa shape index (κ2) is 7.52. The van der Waals surface area contributed by atoms with Crippen molar-refractivity contribution in [3.63, 3.8) is 0 Å². The second-order valence-corrected chi connectivity index (χ2v) is 7.42. The first-order valence-electron chi connectivity index (χ1n) is 9.53. The van der Waals surface area contributed by atoms with Crippen LogP contribution in [0.5, 0.6) is 0 Å². The third kappa shape index (κ3) is 3.55. The number of halogens is 2. The van der Waals surface area contributed by atoms with Crippen LogP contribution in [-0.2, 0) is 4.79 Å². The average molecular weight is 378 g/mol. The molecule has 6 nitrogen and oxygen atoms in total. The first kappa shape index (κ1) is 18.3. The summed E-state index contributed by atoms with van der Waals surface area (Å²) >= 11 is 0. The topological polar surface area (TPSA) is 47.1 Å². The highest BCUT2D eigenvalue weighted by Crippen LogP contribution is 2.20. The Labute approximate surface area is 157 Å². The van der Waals surface area contributed by atoms with Crippen LogP contribution in [0.15, 0.2) is 18.2 Å². The fourth-order valence-electron chi connectivity index (χ4n) is 4.28. The van der Waals surface area contributed by atoms with Gasteiger partial charge in [0.2, 0.25) is 5.91 Å². The summed E-state index contributed by atoms with van der Waals surface area (Å²) in [4.78, 5) is 33.3. The molecule has 4 fully saturated rings. The molecule has 5 rings (SSSR count). The average Bonchev–Trinajstić information content (AvgIpc) is 3.03. The molecular formula is C19H24F2N4O2. The van der Waals surface area contributed by atoms with E-state index in [-0.39, 0.29) is 25.0 Å². The molecule has 1 aromatic rings. The minimum atomic E-state index is -0.852. The molecule has 0 saturated carbocycles. The SMILES string of the molecule is O=C(c1c(F)cccc1F)N1CCN(C(=O)C2CN3CCCN2CC3)CC1. The van der Waals surface area contributed by atoms with Crippen molar-refractivity contribution in [2.24, 2.45) is 0 Å². The standard InChI is InChI=1S/C19H24F2N4O2/c20-14-3-1-4-15(21)17(14)19(27)25-11-9-24(10-12-25)18(26)16-13-22-5-2-6-23(16)8-7-22/h1,3-4,16H,2,5-13H2. The van der Waals surface area contributed by atoms with E-state index in [1.54, 1.807) is 4.90 Å². The number of carbonyl (C=O) groups is 2. The van der Waals surface area contributed by atoms with Gasteiger partial charge in [0.25, 0.3) is 5.91 Å². The Morgan fingerprint density at radius 3 is 2.22 bits per heavy atom. The maximum Gasteiger partial charge on any atom is 0.259 e. The zero-order valence-corrected chi connectivity index (χ0v) is 15.2. The third-order valence-electron chi connectivity index (χ3n) is 5.84. The zero-order chi connectivity index (χ0) is 19.0. The number of carbonyl (C=O) groups excluding carboxylic acids is 2. The molecule has 27 heavy (non-hydrogen) atoms. The summed E-state index contributed by atoms with van der Waals surface area (Å²) in [7, 11) is 0. The number of rotatable bonds is 2. The fourth-order valence-corrected chi connectivity index (χ4v) is 4.28. The zero-order valence-electron chi connectivity index (χ0n) is 15.2. The number of fused-ring (bicyclic) bond motifs is 4. The van der Waals surface area contributed by atoms with Gasteiger partial charge in [-0.2, -0.15) is 0 Å². The minimum Gasteiger partial charge on any atom is -0.338 e. The number of piperazine rings is 2. The lowest BCUT2D eigenvalue weighted by Crippen LogP contribution is -2.60. The van der Waals surface area contributed by atoms with Crippen molar-refractivity contribution < 1.29 is 18.4 Å². The maximum absolute atomic E-state index is 13.9. The monoisotopic (exact) mass is 378 g/mol. The highest BCUT2D eigenvalue weighted by atomic mass is 19.1. The fraction of sp³-hybridized carbons (Fsp3) is 0.579. The Hall–Kier alpha value is -2.06.